The Balaban J connectivity index is 1.73. The van der Waals surface area contributed by atoms with Crippen molar-refractivity contribution < 1.29 is 9.47 Å². The number of aryl methyl sites for hydroxylation is 4. The Hall–Kier alpha value is -2.74. The summed E-state index contributed by atoms with van der Waals surface area (Å²) in [7, 11) is 0. The summed E-state index contributed by atoms with van der Waals surface area (Å²) < 4.78 is 12.0. The predicted molar refractivity (Wildman–Crippen MR) is 103 cm³/mol. The first-order valence-corrected chi connectivity index (χ1v) is 8.59. The summed E-state index contributed by atoms with van der Waals surface area (Å²) in [4.78, 5) is 0. The highest BCUT2D eigenvalue weighted by atomic mass is 16.5. The Morgan fingerprint density at radius 2 is 1.28 bits per heavy atom. The summed E-state index contributed by atoms with van der Waals surface area (Å²) in [5.74, 6) is 3.43. The minimum atomic E-state index is 0.739. The second kappa shape index (κ2) is 7.43. The molecule has 1 aliphatic rings. The van der Waals surface area contributed by atoms with Gasteiger partial charge in [-0.3, -0.25) is 0 Å². The van der Waals surface area contributed by atoms with Crippen molar-refractivity contribution in [1.29, 1.82) is 0 Å². The van der Waals surface area contributed by atoms with Crippen LogP contribution in [-0.2, 0) is 0 Å². The molecule has 25 heavy (non-hydrogen) atoms. The lowest BCUT2D eigenvalue weighted by Crippen LogP contribution is -1.94. The van der Waals surface area contributed by atoms with Crippen LogP contribution in [0.5, 0.6) is 11.5 Å². The molecule has 1 aliphatic carbocycles. The quantitative estimate of drug-likeness (QED) is 0.673. The third-order valence-corrected chi connectivity index (χ3v) is 4.48. The van der Waals surface area contributed by atoms with Gasteiger partial charge in [-0.15, -0.1) is 0 Å². The van der Waals surface area contributed by atoms with E-state index in [2.05, 4.69) is 58.0 Å². The Morgan fingerprint density at radius 1 is 0.680 bits per heavy atom. The number of rotatable bonds is 4. The molecule has 0 spiro atoms. The summed E-state index contributed by atoms with van der Waals surface area (Å²) in [5.41, 5.74) is 4.99. The molecule has 2 aromatic rings. The van der Waals surface area contributed by atoms with E-state index >= 15 is 0 Å². The van der Waals surface area contributed by atoms with Crippen LogP contribution in [0.2, 0.25) is 0 Å². The Labute approximate surface area is 150 Å². The molecule has 0 bridgehead atoms. The van der Waals surface area contributed by atoms with Gasteiger partial charge >= 0.3 is 0 Å². The average molecular weight is 332 g/mol. The number of allylic oxidation sites excluding steroid dienone is 4. The maximum Gasteiger partial charge on any atom is 0.127 e. The fraction of sp³-hybridized carbons (Fsp3) is 0.217. The van der Waals surface area contributed by atoms with Crippen LogP contribution < -0.4 is 9.47 Å². The van der Waals surface area contributed by atoms with Crippen molar-refractivity contribution in [2.24, 2.45) is 0 Å². The van der Waals surface area contributed by atoms with E-state index < -0.39 is 0 Å². The van der Waals surface area contributed by atoms with Crippen LogP contribution in [0.4, 0.5) is 0 Å². The molecule has 2 nitrogen and oxygen atoms in total. The van der Waals surface area contributed by atoms with Crippen LogP contribution in [0.3, 0.4) is 0 Å². The average Bonchev–Trinajstić information content (AvgIpc) is 2.80. The molecule has 0 aromatic heterocycles. The summed E-state index contributed by atoms with van der Waals surface area (Å²) in [6.07, 6.45) is 8.72. The third kappa shape index (κ3) is 4.42. The van der Waals surface area contributed by atoms with Gasteiger partial charge < -0.3 is 9.47 Å². The Morgan fingerprint density at radius 3 is 1.88 bits per heavy atom. The van der Waals surface area contributed by atoms with Crippen molar-refractivity contribution in [2.45, 2.75) is 34.1 Å². The minimum Gasteiger partial charge on any atom is -0.461 e. The van der Waals surface area contributed by atoms with Gasteiger partial charge in [0.1, 0.15) is 23.0 Å². The zero-order valence-corrected chi connectivity index (χ0v) is 15.3. The normalized spacial score (nSPS) is 13.8. The van der Waals surface area contributed by atoms with Gasteiger partial charge in [0.05, 0.1) is 0 Å². The molecule has 2 aromatic carbocycles. The maximum absolute atomic E-state index is 6.01. The highest BCUT2D eigenvalue weighted by molar-refractivity contribution is 5.38. The second-order valence-electron chi connectivity index (χ2n) is 6.50. The van der Waals surface area contributed by atoms with E-state index in [0.29, 0.717) is 0 Å². The molecule has 3 rings (SSSR count). The van der Waals surface area contributed by atoms with E-state index in [-0.39, 0.29) is 0 Å². The van der Waals surface area contributed by atoms with Gasteiger partial charge in [0.2, 0.25) is 0 Å². The molecule has 0 amide bonds. The SMILES string of the molecule is Cc1ccc(OC2=CC=C(Oc3ccc(C)c(C)c3)CC=C2)cc1C. The third-order valence-electron chi connectivity index (χ3n) is 4.48. The lowest BCUT2D eigenvalue weighted by atomic mass is 10.1. The number of hydrogen-bond donors (Lipinski definition) is 0. The van der Waals surface area contributed by atoms with Crippen molar-refractivity contribution in [1.82, 2.24) is 0 Å². The first kappa shape index (κ1) is 17.1. The standard InChI is InChI=1S/C23H24O2/c1-16-8-10-22(14-18(16)3)24-20-6-5-7-21(13-12-20)25-23-11-9-17(2)19(4)15-23/h5-6,8-15H,7H2,1-4H3. The van der Waals surface area contributed by atoms with Crippen molar-refractivity contribution in [3.8, 4) is 11.5 Å². The smallest absolute Gasteiger partial charge is 0.127 e. The van der Waals surface area contributed by atoms with Crippen LogP contribution in [0, 0.1) is 27.7 Å². The predicted octanol–water partition coefficient (Wildman–Crippen LogP) is 6.11. The van der Waals surface area contributed by atoms with Crippen LogP contribution >= 0.6 is 0 Å². The van der Waals surface area contributed by atoms with E-state index in [9.17, 15) is 0 Å². The van der Waals surface area contributed by atoms with Gasteiger partial charge in [0.25, 0.3) is 0 Å². The van der Waals surface area contributed by atoms with Gasteiger partial charge in [0, 0.05) is 6.42 Å². The van der Waals surface area contributed by atoms with Crippen molar-refractivity contribution in [2.75, 3.05) is 0 Å². The van der Waals surface area contributed by atoms with Gasteiger partial charge in [0.15, 0.2) is 0 Å². The van der Waals surface area contributed by atoms with Crippen molar-refractivity contribution in [3.63, 3.8) is 0 Å². The van der Waals surface area contributed by atoms with E-state index in [1.807, 2.05) is 30.4 Å². The largest absolute Gasteiger partial charge is 0.461 e. The van der Waals surface area contributed by atoms with E-state index in [4.69, 9.17) is 9.47 Å². The molecule has 0 fully saturated rings. The topological polar surface area (TPSA) is 18.5 Å². The monoisotopic (exact) mass is 332 g/mol. The number of benzene rings is 2. The lowest BCUT2D eigenvalue weighted by molar-refractivity contribution is 0.415. The molecule has 0 radical (unpaired) electrons. The van der Waals surface area contributed by atoms with Gasteiger partial charge in [-0.2, -0.15) is 0 Å². The lowest BCUT2D eigenvalue weighted by Gasteiger charge is -2.09. The Kier molecular flexibility index (Phi) is 5.08. The summed E-state index contributed by atoms with van der Waals surface area (Å²) in [5, 5.41) is 0. The summed E-state index contributed by atoms with van der Waals surface area (Å²) in [6, 6.07) is 12.3. The fourth-order valence-electron chi connectivity index (χ4n) is 2.58. The van der Waals surface area contributed by atoms with Gasteiger partial charge in [-0.25, -0.2) is 0 Å². The molecular weight excluding hydrogens is 308 g/mol. The van der Waals surface area contributed by atoms with Crippen molar-refractivity contribution in [3.05, 3.63) is 94.5 Å². The Bertz CT molecular complexity index is 870. The van der Waals surface area contributed by atoms with Crippen LogP contribution in [0.25, 0.3) is 0 Å². The maximum atomic E-state index is 6.01. The molecule has 0 atom stereocenters. The second-order valence-corrected chi connectivity index (χ2v) is 6.50. The molecule has 2 heteroatoms. The van der Waals surface area contributed by atoms with E-state index in [1.54, 1.807) is 0 Å². The van der Waals surface area contributed by atoms with Gasteiger partial charge in [-0.1, -0.05) is 18.2 Å². The summed E-state index contributed by atoms with van der Waals surface area (Å²) >= 11 is 0. The van der Waals surface area contributed by atoms with Crippen LogP contribution in [0.15, 0.2) is 72.2 Å². The zero-order valence-electron chi connectivity index (χ0n) is 15.3. The molecule has 0 saturated heterocycles. The fourth-order valence-corrected chi connectivity index (χ4v) is 2.58. The van der Waals surface area contributed by atoms with E-state index in [0.717, 1.165) is 29.4 Å². The number of hydrogen-bond acceptors (Lipinski definition) is 2. The van der Waals surface area contributed by atoms with E-state index in [1.165, 1.54) is 22.3 Å². The summed E-state index contributed by atoms with van der Waals surface area (Å²) in [6.45, 7) is 8.39. The van der Waals surface area contributed by atoms with Gasteiger partial charge in [-0.05, 0) is 92.4 Å². The minimum absolute atomic E-state index is 0.739. The zero-order chi connectivity index (χ0) is 17.8. The molecule has 0 aliphatic heterocycles. The van der Waals surface area contributed by atoms with Crippen molar-refractivity contribution >= 4 is 0 Å². The molecule has 128 valence electrons. The first-order valence-electron chi connectivity index (χ1n) is 8.59. The molecule has 0 heterocycles. The highest BCUT2D eigenvalue weighted by Crippen LogP contribution is 2.23. The molecule has 0 saturated carbocycles. The first-order chi connectivity index (χ1) is 12.0. The number of ether oxygens (including phenoxy) is 2. The molecule has 0 N–H and O–H groups in total. The molecule has 0 unspecified atom stereocenters. The van der Waals surface area contributed by atoms with Crippen LogP contribution in [-0.4, -0.2) is 0 Å². The highest BCUT2D eigenvalue weighted by Gasteiger charge is 2.06. The van der Waals surface area contributed by atoms with Crippen LogP contribution in [0.1, 0.15) is 28.7 Å². The molecular formula is C23H24O2.